The van der Waals surface area contributed by atoms with Crippen LogP contribution >= 0.6 is 11.3 Å². The summed E-state index contributed by atoms with van der Waals surface area (Å²) in [5.41, 5.74) is 7.14. The summed E-state index contributed by atoms with van der Waals surface area (Å²) in [5, 5.41) is 1.21. The quantitative estimate of drug-likeness (QED) is 0.898. The molecule has 1 aliphatic carbocycles. The topological polar surface area (TPSA) is 42.2 Å². The minimum absolute atomic E-state index is 0.655. The predicted molar refractivity (Wildman–Crippen MR) is 72.5 cm³/mol. The lowest BCUT2D eigenvalue weighted by Gasteiger charge is -2.13. The van der Waals surface area contributed by atoms with E-state index in [0.717, 1.165) is 30.8 Å². The second-order valence-corrected chi connectivity index (χ2v) is 6.70. The smallest absolute Gasteiger partial charge is 0.185 e. The van der Waals surface area contributed by atoms with Gasteiger partial charge in [0.15, 0.2) is 5.13 Å². The molecule has 0 amide bonds. The van der Waals surface area contributed by atoms with Crippen molar-refractivity contribution in [1.82, 2.24) is 4.98 Å². The highest BCUT2D eigenvalue weighted by molar-refractivity contribution is 7.15. The maximum Gasteiger partial charge on any atom is 0.185 e. The van der Waals surface area contributed by atoms with Gasteiger partial charge in [-0.25, -0.2) is 4.98 Å². The Hall–Kier alpha value is -0.610. The largest absolute Gasteiger partial charge is 0.348 e. The maximum atomic E-state index is 5.83. The van der Waals surface area contributed by atoms with Gasteiger partial charge in [-0.15, -0.1) is 11.3 Å². The summed E-state index contributed by atoms with van der Waals surface area (Å²) in [6.45, 7) is 7.64. The van der Waals surface area contributed by atoms with Gasteiger partial charge in [0.1, 0.15) is 0 Å². The SMILES string of the molecule is CC1CN(c2nc(C3CC3)c(CN)s2)CC1C. The molecule has 2 aliphatic rings. The van der Waals surface area contributed by atoms with E-state index in [4.69, 9.17) is 10.7 Å². The number of nitrogens with zero attached hydrogens (tertiary/aromatic N) is 2. The molecule has 94 valence electrons. The molecule has 2 heterocycles. The van der Waals surface area contributed by atoms with E-state index in [9.17, 15) is 0 Å². The fourth-order valence-electron chi connectivity index (χ4n) is 2.59. The molecule has 1 aliphatic heterocycles. The molecule has 1 aromatic heterocycles. The Balaban J connectivity index is 1.83. The zero-order valence-electron chi connectivity index (χ0n) is 10.6. The molecule has 1 saturated carbocycles. The van der Waals surface area contributed by atoms with Gasteiger partial charge in [0, 0.05) is 30.4 Å². The Morgan fingerprint density at radius 1 is 1.29 bits per heavy atom. The van der Waals surface area contributed by atoms with Gasteiger partial charge in [-0.3, -0.25) is 0 Å². The molecule has 0 radical (unpaired) electrons. The second kappa shape index (κ2) is 4.25. The summed E-state index contributed by atoms with van der Waals surface area (Å²) < 4.78 is 0. The van der Waals surface area contributed by atoms with Crippen molar-refractivity contribution < 1.29 is 0 Å². The Bertz CT molecular complexity index is 401. The third-order valence-electron chi connectivity index (χ3n) is 4.12. The number of rotatable bonds is 3. The summed E-state index contributed by atoms with van der Waals surface area (Å²) in [6, 6.07) is 0. The zero-order valence-corrected chi connectivity index (χ0v) is 11.5. The number of anilines is 1. The van der Waals surface area contributed by atoms with Crippen LogP contribution in [0.15, 0.2) is 0 Å². The van der Waals surface area contributed by atoms with Crippen LogP contribution in [0.25, 0.3) is 0 Å². The normalized spacial score (nSPS) is 29.0. The van der Waals surface area contributed by atoms with Gasteiger partial charge >= 0.3 is 0 Å². The van der Waals surface area contributed by atoms with Crippen LogP contribution in [0, 0.1) is 11.8 Å². The van der Waals surface area contributed by atoms with Gasteiger partial charge < -0.3 is 10.6 Å². The van der Waals surface area contributed by atoms with Crippen LogP contribution in [0.2, 0.25) is 0 Å². The van der Waals surface area contributed by atoms with Crippen molar-refractivity contribution in [1.29, 1.82) is 0 Å². The number of hydrogen-bond acceptors (Lipinski definition) is 4. The van der Waals surface area contributed by atoms with E-state index in [1.807, 2.05) is 11.3 Å². The van der Waals surface area contributed by atoms with Crippen LogP contribution in [0.4, 0.5) is 5.13 Å². The van der Waals surface area contributed by atoms with Gasteiger partial charge in [0.2, 0.25) is 0 Å². The van der Waals surface area contributed by atoms with Crippen molar-refractivity contribution in [3.8, 4) is 0 Å². The first-order valence-corrected chi connectivity index (χ1v) is 7.45. The summed E-state index contributed by atoms with van der Waals surface area (Å²) >= 11 is 1.82. The monoisotopic (exact) mass is 251 g/mol. The van der Waals surface area contributed by atoms with E-state index in [-0.39, 0.29) is 0 Å². The van der Waals surface area contributed by atoms with Gasteiger partial charge in [-0.1, -0.05) is 13.8 Å². The van der Waals surface area contributed by atoms with Crippen LogP contribution in [0.5, 0.6) is 0 Å². The van der Waals surface area contributed by atoms with Crippen molar-refractivity contribution in [3.05, 3.63) is 10.6 Å². The third kappa shape index (κ3) is 2.08. The first-order chi connectivity index (χ1) is 8.19. The first-order valence-electron chi connectivity index (χ1n) is 6.63. The fraction of sp³-hybridized carbons (Fsp3) is 0.769. The molecule has 3 rings (SSSR count). The van der Waals surface area contributed by atoms with E-state index >= 15 is 0 Å². The number of aromatic nitrogens is 1. The Labute approximate surface area is 107 Å². The molecule has 4 heteroatoms. The van der Waals surface area contributed by atoms with E-state index in [0.29, 0.717) is 6.54 Å². The Morgan fingerprint density at radius 2 is 1.94 bits per heavy atom. The fourth-order valence-corrected chi connectivity index (χ4v) is 3.64. The molecule has 2 N–H and O–H groups in total. The molecule has 2 atom stereocenters. The number of hydrogen-bond donors (Lipinski definition) is 1. The molecule has 0 bridgehead atoms. The average Bonchev–Trinajstić information content (AvgIpc) is 2.98. The highest BCUT2D eigenvalue weighted by Gasteiger charge is 2.32. The predicted octanol–water partition coefficient (Wildman–Crippen LogP) is 2.57. The van der Waals surface area contributed by atoms with E-state index in [1.165, 1.54) is 28.5 Å². The standard InChI is InChI=1S/C13H21N3S/c1-8-6-16(7-9(8)2)13-15-12(10-3-4-10)11(5-14)17-13/h8-10H,3-7,14H2,1-2H3. The summed E-state index contributed by atoms with van der Waals surface area (Å²) in [6.07, 6.45) is 2.62. The minimum atomic E-state index is 0.655. The first kappa shape index (κ1) is 11.5. The Morgan fingerprint density at radius 3 is 2.47 bits per heavy atom. The molecule has 2 fully saturated rings. The lowest BCUT2D eigenvalue weighted by molar-refractivity contribution is 0.494. The van der Waals surface area contributed by atoms with Gasteiger partial charge in [0.05, 0.1) is 5.69 Å². The Kier molecular flexibility index (Phi) is 2.87. The van der Waals surface area contributed by atoms with Gasteiger partial charge in [-0.2, -0.15) is 0 Å². The van der Waals surface area contributed by atoms with Gasteiger partial charge in [-0.05, 0) is 24.7 Å². The van der Waals surface area contributed by atoms with Crippen LogP contribution < -0.4 is 10.6 Å². The highest BCUT2D eigenvalue weighted by Crippen LogP contribution is 2.44. The molecule has 0 spiro atoms. The number of nitrogens with two attached hydrogens (primary N) is 1. The van der Waals surface area contributed by atoms with Crippen molar-refractivity contribution >= 4 is 16.5 Å². The molecule has 2 unspecified atom stereocenters. The lowest BCUT2D eigenvalue weighted by Crippen LogP contribution is -2.19. The van der Waals surface area contributed by atoms with Crippen LogP contribution in [0.3, 0.4) is 0 Å². The summed E-state index contributed by atoms with van der Waals surface area (Å²) in [4.78, 5) is 8.62. The molecule has 3 nitrogen and oxygen atoms in total. The van der Waals surface area contributed by atoms with Crippen molar-refractivity contribution in [2.75, 3.05) is 18.0 Å². The van der Waals surface area contributed by atoms with E-state index in [1.54, 1.807) is 0 Å². The zero-order chi connectivity index (χ0) is 12.0. The third-order valence-corrected chi connectivity index (χ3v) is 5.28. The highest BCUT2D eigenvalue weighted by atomic mass is 32.1. The van der Waals surface area contributed by atoms with Crippen LogP contribution in [-0.2, 0) is 6.54 Å². The van der Waals surface area contributed by atoms with Crippen molar-refractivity contribution in [2.45, 2.75) is 39.2 Å². The molecule has 0 aromatic carbocycles. The van der Waals surface area contributed by atoms with Crippen LogP contribution in [-0.4, -0.2) is 18.1 Å². The molecule has 17 heavy (non-hydrogen) atoms. The molecule has 1 aromatic rings. The molecule has 1 saturated heterocycles. The van der Waals surface area contributed by atoms with Crippen molar-refractivity contribution in [3.63, 3.8) is 0 Å². The molecular formula is C13H21N3S. The second-order valence-electron chi connectivity index (χ2n) is 5.64. The van der Waals surface area contributed by atoms with E-state index < -0.39 is 0 Å². The number of thiazole rings is 1. The summed E-state index contributed by atoms with van der Waals surface area (Å²) in [5.74, 6) is 2.28. The van der Waals surface area contributed by atoms with Gasteiger partial charge in [0.25, 0.3) is 0 Å². The minimum Gasteiger partial charge on any atom is -0.348 e. The van der Waals surface area contributed by atoms with Crippen LogP contribution in [0.1, 0.15) is 43.2 Å². The lowest BCUT2D eigenvalue weighted by atomic mass is 10.0. The summed E-state index contributed by atoms with van der Waals surface area (Å²) in [7, 11) is 0. The average molecular weight is 251 g/mol. The maximum absolute atomic E-state index is 5.83. The van der Waals surface area contributed by atoms with E-state index in [2.05, 4.69) is 18.7 Å². The molecular weight excluding hydrogens is 230 g/mol. The van der Waals surface area contributed by atoms with Crippen molar-refractivity contribution in [2.24, 2.45) is 17.6 Å².